The summed E-state index contributed by atoms with van der Waals surface area (Å²) in [4.78, 5) is 15.8. The van der Waals surface area contributed by atoms with Gasteiger partial charge in [0.25, 0.3) is 0 Å². The first-order valence-corrected chi connectivity index (χ1v) is 18.5. The molecule has 0 aliphatic rings. The zero-order chi connectivity index (χ0) is 36.3. The number of fused-ring (bicyclic) bond motifs is 8. The molecule has 0 N–H and O–H groups in total. The maximum atomic E-state index is 6.47. The Labute approximate surface area is 317 Å². The average Bonchev–Trinajstić information content (AvgIpc) is 3.65. The minimum atomic E-state index is 0.589. The number of aromatic nitrogens is 3. The topological polar surface area (TPSA) is 51.8 Å². The predicted octanol–water partition coefficient (Wildman–Crippen LogP) is 13.6. The smallest absolute Gasteiger partial charge is 0.165 e. The van der Waals surface area contributed by atoms with Crippen LogP contribution in [0.1, 0.15) is 0 Å². The lowest BCUT2D eigenvalue weighted by Gasteiger charge is -2.15. The lowest BCUT2D eigenvalue weighted by Crippen LogP contribution is -2.01. The van der Waals surface area contributed by atoms with Crippen molar-refractivity contribution in [2.24, 2.45) is 0 Å². The van der Waals surface area contributed by atoms with Crippen molar-refractivity contribution in [1.29, 1.82) is 0 Å². The van der Waals surface area contributed by atoms with Gasteiger partial charge < -0.3 is 4.42 Å². The number of rotatable bonds is 5. The van der Waals surface area contributed by atoms with Gasteiger partial charge in [-0.2, -0.15) is 0 Å². The van der Waals surface area contributed by atoms with Crippen LogP contribution in [0.5, 0.6) is 0 Å². The van der Waals surface area contributed by atoms with E-state index in [1.54, 1.807) is 0 Å². The molecule has 0 saturated carbocycles. The Kier molecular flexibility index (Phi) is 7.14. The van der Waals surface area contributed by atoms with Crippen LogP contribution in [0.15, 0.2) is 192 Å². The average molecular weight is 702 g/mol. The molecular weight excluding hydrogens is 671 g/mol. The van der Waals surface area contributed by atoms with Gasteiger partial charge in [0.15, 0.2) is 17.5 Å². The SMILES string of the molecule is c1ccc(-c2cccc(-c3ccc4oc5ccccc5c4c3-c3nc(-c4ccccc4)nc(-c4ccc5c(ccc6ccc7ccccc7c65)c4)n3)c2)cc1. The maximum absolute atomic E-state index is 6.47. The molecule has 0 unspecified atom stereocenters. The van der Waals surface area contributed by atoms with E-state index in [0.717, 1.165) is 66.3 Å². The van der Waals surface area contributed by atoms with Crippen molar-refractivity contribution >= 4 is 54.3 Å². The minimum absolute atomic E-state index is 0.589. The van der Waals surface area contributed by atoms with Crippen LogP contribution in [0.4, 0.5) is 0 Å². The summed E-state index contributed by atoms with van der Waals surface area (Å²) in [5.41, 5.74) is 8.74. The third-order valence-electron chi connectivity index (χ3n) is 10.7. The molecule has 256 valence electrons. The van der Waals surface area contributed by atoms with E-state index in [9.17, 15) is 0 Å². The van der Waals surface area contributed by atoms with E-state index in [0.29, 0.717) is 17.5 Å². The molecule has 0 spiro atoms. The highest BCUT2D eigenvalue weighted by atomic mass is 16.3. The first-order chi connectivity index (χ1) is 27.2. The Bertz CT molecular complexity index is 3260. The summed E-state index contributed by atoms with van der Waals surface area (Å²) >= 11 is 0. The second-order valence-corrected chi connectivity index (χ2v) is 14.0. The van der Waals surface area contributed by atoms with Crippen molar-refractivity contribution < 1.29 is 4.42 Å². The van der Waals surface area contributed by atoms with Gasteiger partial charge in [-0.15, -0.1) is 0 Å². The zero-order valence-corrected chi connectivity index (χ0v) is 29.6. The fourth-order valence-corrected chi connectivity index (χ4v) is 8.09. The Hall–Kier alpha value is -7.43. The maximum Gasteiger partial charge on any atom is 0.165 e. The van der Waals surface area contributed by atoms with Crippen LogP contribution in [-0.4, -0.2) is 15.0 Å². The van der Waals surface area contributed by atoms with E-state index in [-0.39, 0.29) is 0 Å². The van der Waals surface area contributed by atoms with Crippen molar-refractivity contribution in [1.82, 2.24) is 15.0 Å². The third kappa shape index (κ3) is 5.26. The molecule has 2 heterocycles. The van der Waals surface area contributed by atoms with Crippen LogP contribution in [0.25, 0.3) is 111 Å². The molecule has 4 nitrogen and oxygen atoms in total. The summed E-state index contributed by atoms with van der Waals surface area (Å²) in [7, 11) is 0. The summed E-state index contributed by atoms with van der Waals surface area (Å²) in [5.74, 6) is 1.81. The van der Waals surface area contributed by atoms with Gasteiger partial charge in [-0.25, -0.2) is 15.0 Å². The van der Waals surface area contributed by atoms with Gasteiger partial charge >= 0.3 is 0 Å². The molecule has 9 aromatic carbocycles. The molecule has 11 rings (SSSR count). The molecular formula is C51H31N3O. The lowest BCUT2D eigenvalue weighted by atomic mass is 9.92. The zero-order valence-electron chi connectivity index (χ0n) is 29.6. The standard InChI is InChI=1S/C51H31N3O/c1-3-12-32(13-4-1)36-17-11-18-37(30-36)42-28-29-45-47(43-20-9-10-21-44(43)55-45)48(42)51-53-49(35-15-5-2-6-16-35)52-50(54-51)39-26-27-41-38(31-39)25-24-34-23-22-33-14-7-8-19-40(33)46(34)41/h1-31H. The molecule has 0 aliphatic carbocycles. The van der Waals surface area contributed by atoms with Crippen LogP contribution < -0.4 is 0 Å². The molecule has 0 atom stereocenters. The second-order valence-electron chi connectivity index (χ2n) is 14.0. The highest BCUT2D eigenvalue weighted by Gasteiger charge is 2.22. The highest BCUT2D eigenvalue weighted by molar-refractivity contribution is 6.20. The van der Waals surface area contributed by atoms with Crippen LogP contribution in [0.3, 0.4) is 0 Å². The highest BCUT2D eigenvalue weighted by Crippen LogP contribution is 2.43. The molecule has 0 fully saturated rings. The van der Waals surface area contributed by atoms with Crippen molar-refractivity contribution in [2.75, 3.05) is 0 Å². The number of hydrogen-bond acceptors (Lipinski definition) is 4. The molecule has 0 amide bonds. The van der Waals surface area contributed by atoms with Crippen molar-refractivity contribution in [3.8, 4) is 56.4 Å². The molecule has 2 aromatic heterocycles. The Morgan fingerprint density at radius 3 is 1.76 bits per heavy atom. The molecule has 4 heteroatoms. The second kappa shape index (κ2) is 12.6. The first kappa shape index (κ1) is 31.1. The van der Waals surface area contributed by atoms with Gasteiger partial charge in [0.1, 0.15) is 11.2 Å². The summed E-state index contributed by atoms with van der Waals surface area (Å²) < 4.78 is 6.47. The van der Waals surface area contributed by atoms with Gasteiger partial charge in [-0.05, 0) is 84.9 Å². The third-order valence-corrected chi connectivity index (χ3v) is 10.7. The Balaban J connectivity index is 1.18. The number of para-hydroxylation sites is 1. The van der Waals surface area contributed by atoms with Gasteiger partial charge in [0, 0.05) is 27.5 Å². The normalized spacial score (nSPS) is 11.6. The van der Waals surface area contributed by atoms with E-state index >= 15 is 0 Å². The van der Waals surface area contributed by atoms with E-state index in [2.05, 4.69) is 152 Å². The van der Waals surface area contributed by atoms with Crippen LogP contribution in [-0.2, 0) is 0 Å². The molecule has 55 heavy (non-hydrogen) atoms. The van der Waals surface area contributed by atoms with Crippen molar-refractivity contribution in [2.45, 2.75) is 0 Å². The van der Waals surface area contributed by atoms with E-state index in [1.807, 2.05) is 36.4 Å². The number of benzene rings is 9. The van der Waals surface area contributed by atoms with Gasteiger partial charge in [0.05, 0.1) is 0 Å². The van der Waals surface area contributed by atoms with Crippen molar-refractivity contribution in [3.05, 3.63) is 188 Å². The molecule has 0 saturated heterocycles. The monoisotopic (exact) mass is 701 g/mol. The summed E-state index contributed by atoms with van der Waals surface area (Å²) in [5, 5.41) is 9.27. The predicted molar refractivity (Wildman–Crippen MR) is 227 cm³/mol. The quantitative estimate of drug-likeness (QED) is 0.168. The largest absolute Gasteiger partial charge is 0.456 e. The van der Waals surface area contributed by atoms with Gasteiger partial charge in [0.2, 0.25) is 0 Å². The lowest BCUT2D eigenvalue weighted by molar-refractivity contribution is 0.669. The Morgan fingerprint density at radius 1 is 0.309 bits per heavy atom. The fourth-order valence-electron chi connectivity index (χ4n) is 8.09. The minimum Gasteiger partial charge on any atom is -0.456 e. The van der Waals surface area contributed by atoms with E-state index in [4.69, 9.17) is 19.4 Å². The van der Waals surface area contributed by atoms with Crippen LogP contribution in [0.2, 0.25) is 0 Å². The molecule has 11 aromatic rings. The number of furan rings is 1. The van der Waals surface area contributed by atoms with Gasteiger partial charge in [-0.3, -0.25) is 0 Å². The van der Waals surface area contributed by atoms with Gasteiger partial charge in [-0.1, -0.05) is 158 Å². The van der Waals surface area contributed by atoms with Crippen LogP contribution >= 0.6 is 0 Å². The Morgan fingerprint density at radius 2 is 0.927 bits per heavy atom. The van der Waals surface area contributed by atoms with Crippen LogP contribution in [0, 0.1) is 0 Å². The first-order valence-electron chi connectivity index (χ1n) is 18.5. The van der Waals surface area contributed by atoms with E-state index < -0.39 is 0 Å². The summed E-state index contributed by atoms with van der Waals surface area (Å²) in [6, 6.07) is 65.8. The number of nitrogens with zero attached hydrogens (tertiary/aromatic N) is 3. The summed E-state index contributed by atoms with van der Waals surface area (Å²) in [6.07, 6.45) is 0. The van der Waals surface area contributed by atoms with Crippen molar-refractivity contribution in [3.63, 3.8) is 0 Å². The molecule has 0 radical (unpaired) electrons. The fraction of sp³-hybridized carbons (Fsp3) is 0. The summed E-state index contributed by atoms with van der Waals surface area (Å²) in [6.45, 7) is 0. The number of hydrogen-bond donors (Lipinski definition) is 0. The molecule has 0 aliphatic heterocycles. The van der Waals surface area contributed by atoms with E-state index in [1.165, 1.54) is 26.9 Å². The molecule has 0 bridgehead atoms.